The average molecular weight is 128 g/mol. The summed E-state index contributed by atoms with van der Waals surface area (Å²) in [5, 5.41) is 3.74. The molecule has 0 saturated heterocycles. The summed E-state index contributed by atoms with van der Waals surface area (Å²) >= 11 is 0. The number of hydrazone groups is 1. The zero-order chi connectivity index (χ0) is 7.28. The lowest BCUT2D eigenvalue weighted by Crippen LogP contribution is -2.09. The molecule has 3 heteroatoms. The highest BCUT2D eigenvalue weighted by Gasteiger charge is 1.95. The Kier molecular flexibility index (Phi) is 3.67. The van der Waals surface area contributed by atoms with Crippen LogP contribution in [-0.2, 0) is 4.79 Å². The molecule has 0 spiro atoms. The van der Waals surface area contributed by atoms with Gasteiger partial charge in [-0.25, -0.2) is 5.43 Å². The van der Waals surface area contributed by atoms with Crippen LogP contribution < -0.4 is 5.43 Å². The minimum atomic E-state index is 0.400. The Bertz CT molecular complexity index is 118. The maximum absolute atomic E-state index is 9.71. The van der Waals surface area contributed by atoms with Crippen molar-refractivity contribution in [2.75, 3.05) is 0 Å². The lowest BCUT2D eigenvalue weighted by molar-refractivity contribution is -0.109. The first-order valence-corrected chi connectivity index (χ1v) is 2.91. The number of carbonyl (C=O) groups excluding carboxylic acids is 1. The van der Waals surface area contributed by atoms with Gasteiger partial charge in [0.25, 0.3) is 0 Å². The van der Waals surface area contributed by atoms with Gasteiger partial charge in [0.05, 0.1) is 0 Å². The molecule has 0 fully saturated rings. The minimum absolute atomic E-state index is 0.400. The number of nitrogens with one attached hydrogen (secondary N) is 1. The largest absolute Gasteiger partial charge is 0.277 e. The third-order valence-corrected chi connectivity index (χ3v) is 1.13. The van der Waals surface area contributed by atoms with Gasteiger partial charge in [0.1, 0.15) is 0 Å². The van der Waals surface area contributed by atoms with Crippen LogP contribution in [0.25, 0.3) is 0 Å². The first-order chi connectivity index (χ1) is 4.18. The Morgan fingerprint density at radius 2 is 2.22 bits per heavy atom. The molecule has 0 aliphatic carbocycles. The molecule has 9 heavy (non-hydrogen) atoms. The fraction of sp³-hybridized carbons (Fsp3) is 0.667. The van der Waals surface area contributed by atoms with Gasteiger partial charge in [-0.3, -0.25) is 4.79 Å². The summed E-state index contributed by atoms with van der Waals surface area (Å²) in [6.07, 6.45) is 0.561. The number of nitrogens with zero attached hydrogens (tertiary/aromatic N) is 1. The first-order valence-electron chi connectivity index (χ1n) is 2.91. The summed E-state index contributed by atoms with van der Waals surface area (Å²) in [4.78, 5) is 9.71. The molecule has 52 valence electrons. The molecule has 0 rings (SSSR count). The molecule has 0 aliphatic heterocycles. The Balaban J connectivity index is 3.68. The van der Waals surface area contributed by atoms with Gasteiger partial charge in [0.2, 0.25) is 6.41 Å². The van der Waals surface area contributed by atoms with Crippen molar-refractivity contribution in [3.63, 3.8) is 0 Å². The molecule has 0 heterocycles. The second-order valence-corrected chi connectivity index (χ2v) is 2.15. The molecule has 3 nitrogen and oxygen atoms in total. The fourth-order valence-corrected chi connectivity index (χ4v) is 0.257. The van der Waals surface area contributed by atoms with E-state index < -0.39 is 0 Å². The van der Waals surface area contributed by atoms with Crippen LogP contribution in [0.15, 0.2) is 5.10 Å². The van der Waals surface area contributed by atoms with Crippen LogP contribution in [0.1, 0.15) is 20.8 Å². The summed E-state index contributed by atoms with van der Waals surface area (Å²) in [5.41, 5.74) is 3.17. The highest BCUT2D eigenvalue weighted by atomic mass is 16.1. The van der Waals surface area contributed by atoms with Gasteiger partial charge in [-0.05, 0) is 12.8 Å². The summed E-state index contributed by atoms with van der Waals surface area (Å²) in [7, 11) is 0. The molecular formula is C6H12N2O. The zero-order valence-corrected chi connectivity index (χ0v) is 6.01. The predicted octanol–water partition coefficient (Wildman–Crippen LogP) is 0.764. The van der Waals surface area contributed by atoms with Crippen molar-refractivity contribution >= 4 is 12.1 Å². The molecule has 0 atom stereocenters. The molecule has 0 aliphatic rings. The summed E-state index contributed by atoms with van der Waals surface area (Å²) in [6.45, 7) is 5.91. The number of hydrogen-bond donors (Lipinski definition) is 1. The summed E-state index contributed by atoms with van der Waals surface area (Å²) < 4.78 is 0. The topological polar surface area (TPSA) is 41.5 Å². The van der Waals surface area contributed by atoms with Crippen LogP contribution in [0.5, 0.6) is 0 Å². The van der Waals surface area contributed by atoms with Crippen molar-refractivity contribution in [3.8, 4) is 0 Å². The third kappa shape index (κ3) is 3.70. The molecule has 1 N–H and O–H groups in total. The fourth-order valence-electron chi connectivity index (χ4n) is 0.257. The quantitative estimate of drug-likeness (QED) is 0.340. The number of hydrogen-bond acceptors (Lipinski definition) is 2. The smallest absolute Gasteiger partial charge is 0.227 e. The summed E-state index contributed by atoms with van der Waals surface area (Å²) in [5.74, 6) is 0.400. The number of amides is 1. The van der Waals surface area contributed by atoms with Crippen LogP contribution in [0, 0.1) is 5.92 Å². The van der Waals surface area contributed by atoms with Crippen molar-refractivity contribution < 1.29 is 4.79 Å². The zero-order valence-electron chi connectivity index (χ0n) is 6.01. The molecule has 0 saturated carbocycles. The minimum Gasteiger partial charge on any atom is -0.277 e. The van der Waals surface area contributed by atoms with Crippen molar-refractivity contribution in [2.45, 2.75) is 20.8 Å². The van der Waals surface area contributed by atoms with E-state index in [1.54, 1.807) is 0 Å². The number of carbonyl (C=O) groups is 1. The molecule has 0 unspecified atom stereocenters. The molecule has 0 aromatic heterocycles. The van der Waals surface area contributed by atoms with Gasteiger partial charge in [-0.1, -0.05) is 13.8 Å². The van der Waals surface area contributed by atoms with Crippen molar-refractivity contribution in [1.82, 2.24) is 5.43 Å². The van der Waals surface area contributed by atoms with Crippen LogP contribution in [0.4, 0.5) is 0 Å². The number of rotatable bonds is 3. The van der Waals surface area contributed by atoms with E-state index in [4.69, 9.17) is 0 Å². The summed E-state index contributed by atoms with van der Waals surface area (Å²) in [6, 6.07) is 0. The standard InChI is InChI=1S/C6H12N2O/c1-5(2)6(3)8-7-4-9/h4-5H,1-3H3,(H,7,9)/b8-6+. The lowest BCUT2D eigenvalue weighted by Gasteiger charge is -2.00. The molecule has 0 bridgehead atoms. The van der Waals surface area contributed by atoms with Crippen LogP contribution in [-0.4, -0.2) is 12.1 Å². The van der Waals surface area contributed by atoms with Crippen molar-refractivity contribution in [2.24, 2.45) is 11.0 Å². The van der Waals surface area contributed by atoms with E-state index in [0.717, 1.165) is 5.71 Å². The Morgan fingerprint density at radius 1 is 1.67 bits per heavy atom. The molecule has 1 amide bonds. The second-order valence-electron chi connectivity index (χ2n) is 2.15. The van der Waals surface area contributed by atoms with Crippen molar-refractivity contribution in [3.05, 3.63) is 0 Å². The first kappa shape index (κ1) is 8.14. The van der Waals surface area contributed by atoms with E-state index in [9.17, 15) is 4.79 Å². The van der Waals surface area contributed by atoms with Gasteiger partial charge in [-0.15, -0.1) is 0 Å². The van der Waals surface area contributed by atoms with E-state index in [2.05, 4.69) is 10.5 Å². The highest BCUT2D eigenvalue weighted by molar-refractivity contribution is 5.83. The van der Waals surface area contributed by atoms with E-state index in [1.165, 1.54) is 0 Å². The van der Waals surface area contributed by atoms with Gasteiger partial charge in [-0.2, -0.15) is 5.10 Å². The Morgan fingerprint density at radius 3 is 2.56 bits per heavy atom. The second kappa shape index (κ2) is 4.06. The van der Waals surface area contributed by atoms with Crippen LogP contribution >= 0.6 is 0 Å². The van der Waals surface area contributed by atoms with Crippen LogP contribution in [0.2, 0.25) is 0 Å². The third-order valence-electron chi connectivity index (χ3n) is 1.13. The van der Waals surface area contributed by atoms with Gasteiger partial charge in [0, 0.05) is 5.71 Å². The maximum atomic E-state index is 9.71. The monoisotopic (exact) mass is 128 g/mol. The van der Waals surface area contributed by atoms with Crippen LogP contribution in [0.3, 0.4) is 0 Å². The Labute approximate surface area is 55.1 Å². The molecule has 0 aromatic carbocycles. The Hall–Kier alpha value is -0.860. The average Bonchev–Trinajstić information content (AvgIpc) is 1.82. The van der Waals surface area contributed by atoms with Crippen molar-refractivity contribution in [1.29, 1.82) is 0 Å². The predicted molar refractivity (Wildman–Crippen MR) is 37.1 cm³/mol. The van der Waals surface area contributed by atoms with E-state index in [-0.39, 0.29) is 0 Å². The highest BCUT2D eigenvalue weighted by Crippen LogP contribution is 1.93. The molecule has 0 aromatic rings. The molecule has 0 radical (unpaired) electrons. The SMILES string of the molecule is C/C(=N\NC=O)C(C)C. The van der Waals surface area contributed by atoms with E-state index in [1.807, 2.05) is 20.8 Å². The molecular weight excluding hydrogens is 116 g/mol. The van der Waals surface area contributed by atoms with E-state index >= 15 is 0 Å². The maximum Gasteiger partial charge on any atom is 0.227 e. The van der Waals surface area contributed by atoms with Gasteiger partial charge in [0.15, 0.2) is 0 Å². The van der Waals surface area contributed by atoms with Gasteiger partial charge < -0.3 is 0 Å². The van der Waals surface area contributed by atoms with Gasteiger partial charge >= 0.3 is 0 Å². The lowest BCUT2D eigenvalue weighted by atomic mass is 10.1. The van der Waals surface area contributed by atoms with E-state index in [0.29, 0.717) is 12.3 Å². The normalized spacial score (nSPS) is 11.8.